The molecule has 0 aliphatic rings. The monoisotopic (exact) mass is 388 g/mol. The largest absolute Gasteiger partial charge is 0.497 e. The molecule has 0 radical (unpaired) electrons. The predicted octanol–water partition coefficient (Wildman–Crippen LogP) is 1.79. The summed E-state index contributed by atoms with van der Waals surface area (Å²) in [4.78, 5) is 33.2. The number of nitrogens with one attached hydrogen (secondary N) is 2. The molecule has 1 aromatic heterocycles. The summed E-state index contributed by atoms with van der Waals surface area (Å²) in [5, 5.41) is 16.6. The summed E-state index contributed by atoms with van der Waals surface area (Å²) in [6.07, 6.45) is 2.80. The van der Waals surface area contributed by atoms with Gasteiger partial charge in [0.15, 0.2) is 5.76 Å². The number of ether oxygens (including phenoxy) is 1. The summed E-state index contributed by atoms with van der Waals surface area (Å²) in [6, 6.07) is 10.1. The Hall–Kier alpha value is -3.69. The molecule has 28 heavy (non-hydrogen) atoms. The topological polar surface area (TPSA) is 136 Å². The Bertz CT molecular complexity index is 844. The lowest BCUT2D eigenvalue weighted by Gasteiger charge is -2.05. The fraction of sp³-hybridized carbons (Fsp3) is 0.278. The molecule has 2 amide bonds. The highest BCUT2D eigenvalue weighted by Crippen LogP contribution is 2.14. The fourth-order valence-electron chi connectivity index (χ4n) is 2.23. The zero-order chi connectivity index (χ0) is 20.4. The van der Waals surface area contributed by atoms with Crippen molar-refractivity contribution in [2.45, 2.75) is 19.3 Å². The minimum atomic E-state index is -0.680. The first kappa shape index (κ1) is 20.6. The third-order valence-electron chi connectivity index (χ3n) is 3.65. The molecule has 0 aliphatic heterocycles. The molecule has 10 nitrogen and oxygen atoms in total. The molecular formula is C18H20N4O6. The predicted molar refractivity (Wildman–Crippen MR) is 100 cm³/mol. The zero-order valence-electron chi connectivity index (χ0n) is 15.2. The molecule has 1 aromatic carbocycles. The molecule has 0 bridgehead atoms. The van der Waals surface area contributed by atoms with E-state index in [1.165, 1.54) is 12.1 Å². The van der Waals surface area contributed by atoms with Crippen LogP contribution in [0.5, 0.6) is 5.75 Å². The second kappa shape index (κ2) is 10.5. The molecule has 0 saturated carbocycles. The quantitative estimate of drug-likeness (QED) is 0.362. The van der Waals surface area contributed by atoms with Crippen LogP contribution in [0.3, 0.4) is 0 Å². The van der Waals surface area contributed by atoms with E-state index in [2.05, 4.69) is 15.8 Å². The number of aryl methyl sites for hydroxylation is 1. The van der Waals surface area contributed by atoms with Gasteiger partial charge in [-0.3, -0.25) is 19.7 Å². The smallest absolute Gasteiger partial charge is 0.433 e. The van der Waals surface area contributed by atoms with Gasteiger partial charge >= 0.3 is 5.88 Å². The van der Waals surface area contributed by atoms with E-state index >= 15 is 0 Å². The molecule has 0 atom stereocenters. The van der Waals surface area contributed by atoms with Gasteiger partial charge < -0.3 is 14.5 Å². The van der Waals surface area contributed by atoms with Crippen molar-refractivity contribution < 1.29 is 23.7 Å². The Labute approximate surface area is 160 Å². The van der Waals surface area contributed by atoms with Crippen LogP contribution >= 0.6 is 0 Å². The van der Waals surface area contributed by atoms with Gasteiger partial charge in [-0.05, 0) is 36.6 Å². The summed E-state index contributed by atoms with van der Waals surface area (Å²) in [7, 11) is 1.60. The van der Waals surface area contributed by atoms with Crippen molar-refractivity contribution >= 4 is 23.9 Å². The number of hydrogen-bond acceptors (Lipinski definition) is 7. The highest BCUT2D eigenvalue weighted by atomic mass is 16.6. The molecule has 2 rings (SSSR count). The maximum absolute atomic E-state index is 11.8. The Morgan fingerprint density at radius 1 is 1.21 bits per heavy atom. The van der Waals surface area contributed by atoms with E-state index in [9.17, 15) is 19.7 Å². The van der Waals surface area contributed by atoms with E-state index in [0.29, 0.717) is 12.8 Å². The molecule has 10 heteroatoms. The van der Waals surface area contributed by atoms with E-state index < -0.39 is 16.7 Å². The van der Waals surface area contributed by atoms with Crippen LogP contribution in [0.1, 0.15) is 24.2 Å². The maximum Gasteiger partial charge on any atom is 0.433 e. The van der Waals surface area contributed by atoms with Crippen LogP contribution in [0.15, 0.2) is 45.9 Å². The first-order chi connectivity index (χ1) is 13.5. The number of hydrogen-bond donors (Lipinski definition) is 2. The van der Waals surface area contributed by atoms with Gasteiger partial charge in [0, 0.05) is 6.42 Å². The lowest BCUT2D eigenvalue weighted by molar-refractivity contribution is -0.402. The van der Waals surface area contributed by atoms with Gasteiger partial charge in [0.25, 0.3) is 5.91 Å². The Morgan fingerprint density at radius 2 is 1.96 bits per heavy atom. The third-order valence-corrected chi connectivity index (χ3v) is 3.65. The van der Waals surface area contributed by atoms with E-state index in [-0.39, 0.29) is 18.2 Å². The van der Waals surface area contributed by atoms with Crippen molar-refractivity contribution in [1.29, 1.82) is 0 Å². The van der Waals surface area contributed by atoms with Crippen LogP contribution in [0.2, 0.25) is 0 Å². The highest BCUT2D eigenvalue weighted by Gasteiger charge is 2.10. The van der Waals surface area contributed by atoms with Gasteiger partial charge in [0.2, 0.25) is 5.91 Å². The van der Waals surface area contributed by atoms with Gasteiger partial charge in [0.05, 0.1) is 25.9 Å². The number of nitro groups is 1. The van der Waals surface area contributed by atoms with Crippen LogP contribution in [0.25, 0.3) is 0 Å². The Kier molecular flexibility index (Phi) is 7.70. The normalized spacial score (nSPS) is 10.6. The van der Waals surface area contributed by atoms with E-state index in [1.54, 1.807) is 7.11 Å². The molecule has 1 heterocycles. The number of carbonyl (C=O) groups is 2. The number of hydrazone groups is 1. The second-order valence-electron chi connectivity index (χ2n) is 5.70. The number of nitrogens with zero attached hydrogens (tertiary/aromatic N) is 2. The second-order valence-corrected chi connectivity index (χ2v) is 5.70. The summed E-state index contributed by atoms with van der Waals surface area (Å²) in [5.74, 6) is -0.292. The van der Waals surface area contributed by atoms with Gasteiger partial charge in [0.1, 0.15) is 10.7 Å². The SMILES string of the molecule is COc1ccc(CCCC(=O)NCC(=O)NN=Cc2ccc([N+](=O)[O-])o2)cc1. The van der Waals surface area contributed by atoms with Crippen LogP contribution in [-0.4, -0.2) is 36.6 Å². The zero-order valence-corrected chi connectivity index (χ0v) is 15.2. The van der Waals surface area contributed by atoms with Crippen molar-refractivity contribution in [2.24, 2.45) is 5.10 Å². The molecule has 2 N–H and O–H groups in total. The third kappa shape index (κ3) is 6.90. The van der Waals surface area contributed by atoms with Crippen LogP contribution in [-0.2, 0) is 16.0 Å². The Morgan fingerprint density at radius 3 is 2.61 bits per heavy atom. The lowest BCUT2D eigenvalue weighted by Crippen LogP contribution is -2.34. The molecule has 0 unspecified atom stereocenters. The molecule has 2 aromatic rings. The number of carbonyl (C=O) groups excluding carboxylic acids is 2. The molecule has 0 saturated heterocycles. The number of amides is 2. The van der Waals surface area contributed by atoms with E-state index in [4.69, 9.17) is 9.15 Å². The first-order valence-corrected chi connectivity index (χ1v) is 8.43. The van der Waals surface area contributed by atoms with Crippen molar-refractivity contribution in [3.8, 4) is 5.75 Å². The van der Waals surface area contributed by atoms with Crippen LogP contribution in [0.4, 0.5) is 5.88 Å². The average Bonchev–Trinajstić information content (AvgIpc) is 3.16. The average molecular weight is 388 g/mol. The number of methoxy groups -OCH3 is 1. The summed E-state index contributed by atoms with van der Waals surface area (Å²) in [5.41, 5.74) is 3.29. The van der Waals surface area contributed by atoms with E-state index in [0.717, 1.165) is 23.9 Å². The lowest BCUT2D eigenvalue weighted by atomic mass is 10.1. The van der Waals surface area contributed by atoms with Gasteiger partial charge in [-0.25, -0.2) is 5.43 Å². The number of furan rings is 1. The molecule has 0 spiro atoms. The standard InChI is InChI=1S/C18H20N4O6/c1-27-14-7-5-13(6-8-14)3-2-4-16(23)19-12-17(24)21-20-11-15-9-10-18(28-15)22(25)26/h5-11H,2-4,12H2,1H3,(H,19,23)(H,21,24). The van der Waals surface area contributed by atoms with Gasteiger partial charge in [-0.2, -0.15) is 5.10 Å². The van der Waals surface area contributed by atoms with Gasteiger partial charge in [-0.1, -0.05) is 12.1 Å². The minimum Gasteiger partial charge on any atom is -0.497 e. The molecule has 0 aliphatic carbocycles. The molecule has 148 valence electrons. The highest BCUT2D eigenvalue weighted by molar-refractivity contribution is 5.85. The maximum atomic E-state index is 11.8. The fourth-order valence-corrected chi connectivity index (χ4v) is 2.23. The molecular weight excluding hydrogens is 368 g/mol. The first-order valence-electron chi connectivity index (χ1n) is 8.43. The number of benzene rings is 1. The number of rotatable bonds is 10. The molecule has 0 fully saturated rings. The Balaban J connectivity index is 1.62. The van der Waals surface area contributed by atoms with Crippen molar-refractivity contribution in [2.75, 3.05) is 13.7 Å². The van der Waals surface area contributed by atoms with Gasteiger partial charge in [-0.15, -0.1) is 0 Å². The van der Waals surface area contributed by atoms with Crippen molar-refractivity contribution in [3.05, 3.63) is 57.8 Å². The summed E-state index contributed by atoms with van der Waals surface area (Å²) in [6.45, 7) is -0.225. The van der Waals surface area contributed by atoms with Crippen LogP contribution < -0.4 is 15.5 Å². The van der Waals surface area contributed by atoms with Crippen LogP contribution in [0, 0.1) is 10.1 Å². The minimum absolute atomic E-state index is 0.120. The van der Waals surface area contributed by atoms with E-state index in [1.807, 2.05) is 24.3 Å². The van der Waals surface area contributed by atoms with Crippen molar-refractivity contribution in [3.63, 3.8) is 0 Å². The summed E-state index contributed by atoms with van der Waals surface area (Å²) >= 11 is 0. The summed E-state index contributed by atoms with van der Waals surface area (Å²) < 4.78 is 9.93. The van der Waals surface area contributed by atoms with Crippen molar-refractivity contribution in [1.82, 2.24) is 10.7 Å².